The lowest BCUT2D eigenvalue weighted by Gasteiger charge is -2.43. The van der Waals surface area contributed by atoms with Gasteiger partial charge in [0, 0.05) is 16.5 Å². The van der Waals surface area contributed by atoms with Gasteiger partial charge in [-0.3, -0.25) is 4.90 Å². The highest BCUT2D eigenvalue weighted by molar-refractivity contribution is 7.09. The van der Waals surface area contributed by atoms with Gasteiger partial charge in [-0.05, 0) is 63.6 Å². The van der Waals surface area contributed by atoms with E-state index in [1.807, 2.05) is 11.3 Å². The Morgan fingerprint density at radius 3 is 2.72 bits per heavy atom. The summed E-state index contributed by atoms with van der Waals surface area (Å²) in [5.41, 5.74) is 6.71. The smallest absolute Gasteiger partial charge is 0.0329 e. The van der Waals surface area contributed by atoms with Gasteiger partial charge >= 0.3 is 0 Å². The van der Waals surface area contributed by atoms with Gasteiger partial charge < -0.3 is 5.73 Å². The van der Waals surface area contributed by atoms with Crippen molar-refractivity contribution in [3.8, 4) is 0 Å². The molecule has 1 aromatic heterocycles. The summed E-state index contributed by atoms with van der Waals surface area (Å²) >= 11 is 1.85. The van der Waals surface area contributed by atoms with Crippen LogP contribution in [-0.2, 0) is 6.42 Å². The Labute approximate surface area is 115 Å². The summed E-state index contributed by atoms with van der Waals surface area (Å²) in [4.78, 5) is 4.08. The molecule has 0 aromatic carbocycles. The summed E-state index contributed by atoms with van der Waals surface area (Å²) in [7, 11) is 0. The summed E-state index contributed by atoms with van der Waals surface area (Å²) < 4.78 is 0. The van der Waals surface area contributed by atoms with Gasteiger partial charge in [-0.2, -0.15) is 0 Å². The predicted molar refractivity (Wildman–Crippen MR) is 80.1 cm³/mol. The first-order valence-electron chi connectivity index (χ1n) is 7.20. The maximum absolute atomic E-state index is 6.52. The molecular weight excluding hydrogens is 240 g/mol. The third kappa shape index (κ3) is 2.95. The van der Waals surface area contributed by atoms with Crippen molar-refractivity contribution in [2.75, 3.05) is 13.1 Å². The van der Waals surface area contributed by atoms with E-state index in [4.69, 9.17) is 5.73 Å². The minimum Gasteiger partial charge on any atom is -0.326 e. The van der Waals surface area contributed by atoms with Gasteiger partial charge in [0.15, 0.2) is 0 Å². The molecule has 2 rings (SSSR count). The van der Waals surface area contributed by atoms with Gasteiger partial charge in [-0.1, -0.05) is 13.0 Å². The number of hydrogen-bond acceptors (Lipinski definition) is 3. The van der Waals surface area contributed by atoms with Crippen LogP contribution in [0, 0.1) is 0 Å². The van der Waals surface area contributed by atoms with Crippen molar-refractivity contribution < 1.29 is 0 Å². The topological polar surface area (TPSA) is 29.3 Å². The summed E-state index contributed by atoms with van der Waals surface area (Å²) in [6.45, 7) is 7.11. The predicted octanol–water partition coefficient (Wildman–Crippen LogP) is 3.27. The zero-order valence-electron chi connectivity index (χ0n) is 11.7. The standard InChI is InChI=1S/C15H26N2S/c1-3-15(2,17-10-4-5-11-17)14(16)9-8-13-7-6-12-18-13/h6-7,12,14H,3-5,8-11,16H2,1-2H3. The minimum absolute atomic E-state index is 0.188. The van der Waals surface area contributed by atoms with E-state index in [1.165, 1.54) is 30.8 Å². The van der Waals surface area contributed by atoms with Crippen molar-refractivity contribution in [2.45, 2.75) is 57.5 Å². The molecule has 1 fully saturated rings. The minimum atomic E-state index is 0.188. The fourth-order valence-corrected chi connectivity index (χ4v) is 3.74. The molecule has 0 saturated carbocycles. The van der Waals surface area contributed by atoms with Crippen LogP contribution in [-0.4, -0.2) is 29.6 Å². The molecule has 1 aliphatic rings. The number of nitrogens with zero attached hydrogens (tertiary/aromatic N) is 1. The Morgan fingerprint density at radius 1 is 1.44 bits per heavy atom. The molecule has 2 N–H and O–H groups in total. The van der Waals surface area contributed by atoms with Crippen molar-refractivity contribution in [2.24, 2.45) is 5.73 Å². The number of likely N-dealkylation sites (tertiary alicyclic amines) is 1. The lowest BCUT2D eigenvalue weighted by Crippen LogP contribution is -2.56. The molecule has 2 heterocycles. The third-order valence-corrected chi connectivity index (χ3v) is 5.56. The van der Waals surface area contributed by atoms with Crippen LogP contribution in [0.25, 0.3) is 0 Å². The molecule has 0 bridgehead atoms. The van der Waals surface area contributed by atoms with Gasteiger partial charge in [0.1, 0.15) is 0 Å². The molecule has 0 spiro atoms. The van der Waals surface area contributed by atoms with Crippen molar-refractivity contribution in [1.82, 2.24) is 4.90 Å². The van der Waals surface area contributed by atoms with Crippen LogP contribution in [0.1, 0.15) is 44.4 Å². The highest BCUT2D eigenvalue weighted by Crippen LogP contribution is 2.29. The van der Waals surface area contributed by atoms with E-state index in [1.54, 1.807) is 0 Å². The highest BCUT2D eigenvalue weighted by atomic mass is 32.1. The van der Waals surface area contributed by atoms with Crippen molar-refractivity contribution >= 4 is 11.3 Å². The Kier molecular flexibility index (Phi) is 4.82. The van der Waals surface area contributed by atoms with Crippen LogP contribution in [0.3, 0.4) is 0 Å². The zero-order valence-corrected chi connectivity index (χ0v) is 12.5. The lowest BCUT2D eigenvalue weighted by molar-refractivity contribution is 0.0967. The summed E-state index contributed by atoms with van der Waals surface area (Å²) in [5, 5.41) is 2.15. The maximum atomic E-state index is 6.52. The van der Waals surface area contributed by atoms with Gasteiger partial charge in [0.05, 0.1) is 0 Å². The van der Waals surface area contributed by atoms with Gasteiger partial charge in [-0.25, -0.2) is 0 Å². The SMILES string of the molecule is CCC(C)(C(N)CCc1cccs1)N1CCCC1. The first-order valence-corrected chi connectivity index (χ1v) is 8.08. The Morgan fingerprint density at radius 2 is 2.17 bits per heavy atom. The molecular formula is C15H26N2S. The van der Waals surface area contributed by atoms with E-state index in [0.29, 0.717) is 0 Å². The van der Waals surface area contributed by atoms with E-state index in [-0.39, 0.29) is 11.6 Å². The summed E-state index contributed by atoms with van der Waals surface area (Å²) in [5.74, 6) is 0. The molecule has 1 aliphatic heterocycles. The molecule has 2 atom stereocenters. The van der Waals surface area contributed by atoms with Crippen LogP contribution in [0.15, 0.2) is 17.5 Å². The fraction of sp³-hybridized carbons (Fsp3) is 0.733. The number of thiophene rings is 1. The molecule has 102 valence electrons. The van der Waals surface area contributed by atoms with Gasteiger partial charge in [-0.15, -0.1) is 11.3 Å². The van der Waals surface area contributed by atoms with E-state index in [9.17, 15) is 0 Å². The second kappa shape index (κ2) is 6.18. The molecule has 0 radical (unpaired) electrons. The normalized spacial score (nSPS) is 21.9. The van der Waals surface area contributed by atoms with Crippen LogP contribution >= 0.6 is 11.3 Å². The van der Waals surface area contributed by atoms with Crippen molar-refractivity contribution in [3.63, 3.8) is 0 Å². The number of rotatable bonds is 6. The quantitative estimate of drug-likeness (QED) is 0.856. The van der Waals surface area contributed by atoms with Crippen molar-refractivity contribution in [1.29, 1.82) is 0 Å². The van der Waals surface area contributed by atoms with E-state index < -0.39 is 0 Å². The Hall–Kier alpha value is -0.380. The average molecular weight is 266 g/mol. The van der Waals surface area contributed by atoms with E-state index >= 15 is 0 Å². The molecule has 1 aromatic rings. The van der Waals surface area contributed by atoms with Crippen LogP contribution in [0.4, 0.5) is 0 Å². The molecule has 0 aliphatic carbocycles. The first kappa shape index (κ1) is 14.0. The molecule has 2 unspecified atom stereocenters. The lowest BCUT2D eigenvalue weighted by atomic mass is 9.85. The summed E-state index contributed by atoms with van der Waals surface area (Å²) in [6, 6.07) is 4.63. The van der Waals surface area contributed by atoms with Gasteiger partial charge in [0.25, 0.3) is 0 Å². The maximum Gasteiger partial charge on any atom is 0.0329 e. The van der Waals surface area contributed by atoms with Crippen molar-refractivity contribution in [3.05, 3.63) is 22.4 Å². The molecule has 18 heavy (non-hydrogen) atoms. The van der Waals surface area contributed by atoms with Crippen LogP contribution in [0.5, 0.6) is 0 Å². The zero-order chi connectivity index (χ0) is 13.0. The number of hydrogen-bond donors (Lipinski definition) is 1. The number of nitrogens with two attached hydrogens (primary N) is 1. The molecule has 0 amide bonds. The average Bonchev–Trinajstić information content (AvgIpc) is 3.07. The second-order valence-corrected chi connectivity index (χ2v) is 6.66. The Bertz CT molecular complexity index is 343. The molecule has 3 heteroatoms. The van der Waals surface area contributed by atoms with E-state index in [2.05, 4.69) is 36.3 Å². The fourth-order valence-electron chi connectivity index (χ4n) is 3.01. The third-order valence-electron chi connectivity index (χ3n) is 4.62. The second-order valence-electron chi connectivity index (χ2n) is 5.63. The monoisotopic (exact) mass is 266 g/mol. The summed E-state index contributed by atoms with van der Waals surface area (Å²) in [6.07, 6.45) is 6.06. The largest absolute Gasteiger partial charge is 0.326 e. The first-order chi connectivity index (χ1) is 8.66. The highest BCUT2D eigenvalue weighted by Gasteiger charge is 2.37. The van der Waals surface area contributed by atoms with Gasteiger partial charge in [0.2, 0.25) is 0 Å². The molecule has 1 saturated heterocycles. The number of aryl methyl sites for hydroxylation is 1. The molecule has 2 nitrogen and oxygen atoms in total. The Balaban J connectivity index is 1.93. The van der Waals surface area contributed by atoms with E-state index in [0.717, 1.165) is 19.3 Å². The van der Waals surface area contributed by atoms with Crippen LogP contribution < -0.4 is 5.73 Å². The van der Waals surface area contributed by atoms with Crippen LogP contribution in [0.2, 0.25) is 0 Å².